The number of nitrogens with zero attached hydrogens (tertiary/aromatic N) is 4. The van der Waals surface area contributed by atoms with Crippen molar-refractivity contribution in [2.45, 2.75) is 25.7 Å². The van der Waals surface area contributed by atoms with Crippen LogP contribution in [0.25, 0.3) is 5.65 Å². The van der Waals surface area contributed by atoms with E-state index in [0.717, 1.165) is 37.5 Å². The van der Waals surface area contributed by atoms with Crippen LogP contribution in [0, 0.1) is 6.92 Å². The van der Waals surface area contributed by atoms with Crippen molar-refractivity contribution in [1.82, 2.24) is 19.9 Å². The number of rotatable bonds is 2. The number of aryl methyl sites for hydroxylation is 1. The van der Waals surface area contributed by atoms with Gasteiger partial charge in [-0.15, -0.1) is 0 Å². The second kappa shape index (κ2) is 4.20. The van der Waals surface area contributed by atoms with E-state index in [1.165, 1.54) is 24.4 Å². The van der Waals surface area contributed by atoms with Crippen molar-refractivity contribution in [2.75, 3.05) is 31.1 Å². The average Bonchev–Trinajstić information content (AvgIpc) is 3.19. The van der Waals surface area contributed by atoms with E-state index >= 15 is 0 Å². The zero-order chi connectivity index (χ0) is 12.8. The molecule has 3 heterocycles. The molecular weight excluding hydrogens is 238 g/mol. The Morgan fingerprint density at radius 1 is 1.21 bits per heavy atom. The summed E-state index contributed by atoms with van der Waals surface area (Å²) in [6, 6.07) is 4.32. The van der Waals surface area contributed by atoms with Crippen molar-refractivity contribution in [2.24, 2.45) is 0 Å². The molecule has 1 aliphatic carbocycles. The Kier molecular flexibility index (Phi) is 2.48. The van der Waals surface area contributed by atoms with E-state index < -0.39 is 0 Å². The molecule has 0 spiro atoms. The summed E-state index contributed by atoms with van der Waals surface area (Å²) in [7, 11) is 0. The van der Waals surface area contributed by atoms with Crippen molar-refractivity contribution >= 4 is 11.5 Å². The van der Waals surface area contributed by atoms with Crippen molar-refractivity contribution in [1.29, 1.82) is 0 Å². The molecule has 5 nitrogen and oxygen atoms in total. The molecule has 5 heteroatoms. The Morgan fingerprint density at radius 2 is 2.00 bits per heavy atom. The first kappa shape index (κ1) is 11.2. The normalized spacial score (nSPS) is 20.2. The van der Waals surface area contributed by atoms with E-state index in [1.54, 1.807) is 0 Å². The highest BCUT2D eigenvalue weighted by atomic mass is 15.4. The van der Waals surface area contributed by atoms with Gasteiger partial charge in [-0.25, -0.2) is 4.98 Å². The fourth-order valence-electron chi connectivity index (χ4n) is 2.80. The monoisotopic (exact) mass is 257 g/mol. The third-order valence-corrected chi connectivity index (χ3v) is 3.99. The van der Waals surface area contributed by atoms with Crippen molar-refractivity contribution in [3.05, 3.63) is 23.5 Å². The van der Waals surface area contributed by atoms with Gasteiger partial charge in [0.2, 0.25) is 0 Å². The minimum absolute atomic E-state index is 0.679. The summed E-state index contributed by atoms with van der Waals surface area (Å²) in [4.78, 5) is 7.02. The van der Waals surface area contributed by atoms with Crippen LogP contribution >= 0.6 is 0 Å². The SMILES string of the molecule is Cc1cc(N2CCNCC2)n2nc(C3CC3)cc2n1. The Bertz CT molecular complexity index is 608. The molecule has 2 aliphatic rings. The second-order valence-electron chi connectivity index (χ2n) is 5.61. The van der Waals surface area contributed by atoms with Crippen LogP contribution in [0.1, 0.15) is 30.1 Å². The molecule has 0 radical (unpaired) electrons. The van der Waals surface area contributed by atoms with Crippen LogP contribution in [0.3, 0.4) is 0 Å². The lowest BCUT2D eigenvalue weighted by Gasteiger charge is -2.29. The van der Waals surface area contributed by atoms with E-state index in [1.807, 2.05) is 4.52 Å². The summed E-state index contributed by atoms with van der Waals surface area (Å²) in [5.41, 5.74) is 3.29. The molecule has 0 atom stereocenters. The molecule has 1 aliphatic heterocycles. The van der Waals surface area contributed by atoms with Crippen molar-refractivity contribution in [3.63, 3.8) is 0 Å². The largest absolute Gasteiger partial charge is 0.354 e. The minimum atomic E-state index is 0.679. The number of fused-ring (bicyclic) bond motifs is 1. The lowest BCUT2D eigenvalue weighted by molar-refractivity contribution is 0.579. The quantitative estimate of drug-likeness (QED) is 0.881. The van der Waals surface area contributed by atoms with Gasteiger partial charge in [-0.2, -0.15) is 9.61 Å². The van der Waals surface area contributed by atoms with E-state index in [-0.39, 0.29) is 0 Å². The van der Waals surface area contributed by atoms with Crippen molar-refractivity contribution in [3.8, 4) is 0 Å². The van der Waals surface area contributed by atoms with Crippen molar-refractivity contribution < 1.29 is 0 Å². The minimum Gasteiger partial charge on any atom is -0.354 e. The van der Waals surface area contributed by atoms with Gasteiger partial charge in [-0.3, -0.25) is 0 Å². The van der Waals surface area contributed by atoms with E-state index in [4.69, 9.17) is 5.10 Å². The van der Waals surface area contributed by atoms with Gasteiger partial charge in [-0.05, 0) is 19.8 Å². The van der Waals surface area contributed by atoms with E-state index in [9.17, 15) is 0 Å². The Balaban J connectivity index is 1.82. The molecule has 0 unspecified atom stereocenters. The molecule has 100 valence electrons. The number of hydrogen-bond acceptors (Lipinski definition) is 4. The van der Waals surface area contributed by atoms with Crippen LogP contribution in [-0.4, -0.2) is 40.8 Å². The summed E-state index contributed by atoms with van der Waals surface area (Å²) in [5.74, 6) is 1.87. The lowest BCUT2D eigenvalue weighted by atomic mass is 10.3. The summed E-state index contributed by atoms with van der Waals surface area (Å²) in [5, 5.41) is 8.18. The van der Waals surface area contributed by atoms with Gasteiger partial charge >= 0.3 is 0 Å². The van der Waals surface area contributed by atoms with Gasteiger partial charge in [0.15, 0.2) is 5.65 Å². The molecule has 2 fully saturated rings. The summed E-state index contributed by atoms with van der Waals surface area (Å²) in [6.07, 6.45) is 2.57. The molecule has 19 heavy (non-hydrogen) atoms. The van der Waals surface area contributed by atoms with Gasteiger partial charge in [0, 0.05) is 49.9 Å². The summed E-state index contributed by atoms with van der Waals surface area (Å²) in [6.45, 7) is 6.23. The molecule has 1 saturated heterocycles. The van der Waals surface area contributed by atoms with Crippen LogP contribution < -0.4 is 10.2 Å². The zero-order valence-electron chi connectivity index (χ0n) is 11.3. The molecule has 2 aromatic rings. The van der Waals surface area contributed by atoms with E-state index in [0.29, 0.717) is 5.92 Å². The van der Waals surface area contributed by atoms with Crippen LogP contribution in [0.2, 0.25) is 0 Å². The van der Waals surface area contributed by atoms with Gasteiger partial charge < -0.3 is 10.2 Å². The molecule has 2 aromatic heterocycles. The van der Waals surface area contributed by atoms with Gasteiger partial charge in [-0.1, -0.05) is 0 Å². The Morgan fingerprint density at radius 3 is 2.74 bits per heavy atom. The first-order valence-corrected chi connectivity index (χ1v) is 7.14. The molecule has 0 amide bonds. The molecule has 0 bridgehead atoms. The maximum absolute atomic E-state index is 4.78. The predicted octanol–water partition coefficient (Wildman–Crippen LogP) is 1.32. The highest BCUT2D eigenvalue weighted by Crippen LogP contribution is 2.39. The third kappa shape index (κ3) is 1.98. The maximum Gasteiger partial charge on any atom is 0.157 e. The summed E-state index contributed by atoms with van der Waals surface area (Å²) < 4.78 is 2.03. The molecule has 4 rings (SSSR count). The first-order chi connectivity index (χ1) is 9.31. The van der Waals surface area contributed by atoms with Gasteiger partial charge in [0.1, 0.15) is 5.82 Å². The Hall–Kier alpha value is -1.62. The predicted molar refractivity (Wildman–Crippen MR) is 74.8 cm³/mol. The topological polar surface area (TPSA) is 45.5 Å². The van der Waals surface area contributed by atoms with Gasteiger partial charge in [0.25, 0.3) is 0 Å². The van der Waals surface area contributed by atoms with Crippen LogP contribution in [0.15, 0.2) is 12.1 Å². The Labute approximate surface area is 112 Å². The van der Waals surface area contributed by atoms with E-state index in [2.05, 4.69) is 34.3 Å². The lowest BCUT2D eigenvalue weighted by Crippen LogP contribution is -2.44. The number of hydrogen-bond donors (Lipinski definition) is 1. The fourth-order valence-corrected chi connectivity index (χ4v) is 2.80. The van der Waals surface area contributed by atoms with Crippen LogP contribution in [0.5, 0.6) is 0 Å². The second-order valence-corrected chi connectivity index (χ2v) is 5.61. The number of anilines is 1. The number of nitrogens with one attached hydrogen (secondary N) is 1. The number of piperazine rings is 1. The summed E-state index contributed by atoms with van der Waals surface area (Å²) >= 11 is 0. The van der Waals surface area contributed by atoms with Crippen LogP contribution in [-0.2, 0) is 0 Å². The average molecular weight is 257 g/mol. The van der Waals surface area contributed by atoms with Crippen LogP contribution in [0.4, 0.5) is 5.82 Å². The molecule has 1 N–H and O–H groups in total. The number of aromatic nitrogens is 3. The maximum atomic E-state index is 4.78. The molecule has 0 aromatic carbocycles. The smallest absolute Gasteiger partial charge is 0.157 e. The highest BCUT2D eigenvalue weighted by Gasteiger charge is 2.27. The first-order valence-electron chi connectivity index (χ1n) is 7.14. The fraction of sp³-hybridized carbons (Fsp3) is 0.571. The van der Waals surface area contributed by atoms with Gasteiger partial charge in [0.05, 0.1) is 5.69 Å². The standard InChI is InChI=1S/C14H19N5/c1-10-8-14(18-6-4-15-5-7-18)19-13(16-10)9-12(17-19)11-2-3-11/h8-9,11,15H,2-7H2,1H3. The third-order valence-electron chi connectivity index (χ3n) is 3.99. The zero-order valence-corrected chi connectivity index (χ0v) is 11.3. The highest BCUT2D eigenvalue weighted by molar-refractivity contribution is 5.52. The molecular formula is C14H19N5. The molecule has 1 saturated carbocycles.